The molecule has 1 heterocycles. The molecule has 0 aliphatic heterocycles. The first kappa shape index (κ1) is 18.8. The van der Waals surface area contributed by atoms with Gasteiger partial charge in [-0.15, -0.1) is 11.3 Å². The predicted octanol–water partition coefficient (Wildman–Crippen LogP) is 3.97. The molecular formula is C20H19FN2O3S. The largest absolute Gasteiger partial charge is 0.497 e. The number of carbonyl (C=O) groups excluding carboxylic acids is 1. The highest BCUT2D eigenvalue weighted by molar-refractivity contribution is 7.10. The van der Waals surface area contributed by atoms with Crippen molar-refractivity contribution < 1.29 is 18.7 Å². The van der Waals surface area contributed by atoms with E-state index in [2.05, 4.69) is 4.98 Å². The lowest BCUT2D eigenvalue weighted by molar-refractivity contribution is -0.118. The van der Waals surface area contributed by atoms with Gasteiger partial charge in [-0.2, -0.15) is 0 Å². The van der Waals surface area contributed by atoms with Gasteiger partial charge >= 0.3 is 0 Å². The second-order valence-corrected chi connectivity index (χ2v) is 6.80. The van der Waals surface area contributed by atoms with Gasteiger partial charge in [-0.1, -0.05) is 12.1 Å². The Hall–Kier alpha value is -2.93. The van der Waals surface area contributed by atoms with Crippen molar-refractivity contribution in [2.24, 2.45) is 5.73 Å². The van der Waals surface area contributed by atoms with E-state index in [1.165, 1.54) is 24.5 Å². The molecule has 0 spiro atoms. The summed E-state index contributed by atoms with van der Waals surface area (Å²) in [4.78, 5) is 16.1. The van der Waals surface area contributed by atoms with E-state index in [1.807, 2.05) is 24.3 Å². The lowest BCUT2D eigenvalue weighted by atomic mass is 9.96. The fourth-order valence-electron chi connectivity index (χ4n) is 2.79. The summed E-state index contributed by atoms with van der Waals surface area (Å²) in [6.07, 6.45) is 0.115. The summed E-state index contributed by atoms with van der Waals surface area (Å²) in [5, 5.41) is 2.47. The van der Waals surface area contributed by atoms with E-state index in [0.29, 0.717) is 22.0 Å². The Labute approximate surface area is 160 Å². The van der Waals surface area contributed by atoms with Crippen LogP contribution in [-0.2, 0) is 4.79 Å². The number of primary amides is 1. The fourth-order valence-corrected chi connectivity index (χ4v) is 3.73. The smallest absolute Gasteiger partial charge is 0.218 e. The number of methoxy groups -OCH3 is 2. The monoisotopic (exact) mass is 386 g/mol. The molecule has 0 fully saturated rings. The van der Waals surface area contributed by atoms with Crippen LogP contribution < -0.4 is 15.2 Å². The minimum Gasteiger partial charge on any atom is -0.497 e. The first-order chi connectivity index (χ1) is 13.0. The molecule has 1 unspecified atom stereocenters. The normalized spacial score (nSPS) is 11.8. The summed E-state index contributed by atoms with van der Waals surface area (Å²) in [5.74, 6) is 0.0204. The standard InChI is InChI=1S/C20H19FN2O3S/c1-25-13-5-3-12(4-6-13)16(10-19(22)24)20-23-18(11-27-20)15-8-7-14(26-2)9-17(15)21/h3-9,11,16H,10H2,1-2H3,(H2,22,24). The molecule has 1 amide bonds. The number of rotatable bonds is 7. The highest BCUT2D eigenvalue weighted by Crippen LogP contribution is 2.35. The van der Waals surface area contributed by atoms with Gasteiger partial charge in [0.25, 0.3) is 0 Å². The SMILES string of the molecule is COc1ccc(C(CC(N)=O)c2nc(-c3ccc(OC)cc3F)cs2)cc1. The number of nitrogens with two attached hydrogens (primary N) is 1. The number of aromatic nitrogens is 1. The molecule has 0 saturated heterocycles. The second kappa shape index (κ2) is 8.18. The summed E-state index contributed by atoms with van der Waals surface area (Å²) < 4.78 is 24.5. The Kier molecular flexibility index (Phi) is 5.71. The van der Waals surface area contributed by atoms with Crippen molar-refractivity contribution in [2.75, 3.05) is 14.2 Å². The Morgan fingerprint density at radius 3 is 2.41 bits per heavy atom. The maximum Gasteiger partial charge on any atom is 0.218 e. The van der Waals surface area contributed by atoms with Gasteiger partial charge in [0.15, 0.2) is 0 Å². The Balaban J connectivity index is 1.95. The van der Waals surface area contributed by atoms with E-state index in [4.69, 9.17) is 15.2 Å². The molecule has 140 valence electrons. The summed E-state index contributed by atoms with van der Waals surface area (Å²) in [6.45, 7) is 0. The molecular weight excluding hydrogens is 367 g/mol. The van der Waals surface area contributed by atoms with E-state index >= 15 is 0 Å². The van der Waals surface area contributed by atoms with Crippen LogP contribution in [0.15, 0.2) is 47.8 Å². The van der Waals surface area contributed by atoms with Crippen LogP contribution >= 0.6 is 11.3 Å². The van der Waals surface area contributed by atoms with Crippen molar-refractivity contribution in [2.45, 2.75) is 12.3 Å². The fraction of sp³-hybridized carbons (Fsp3) is 0.200. The van der Waals surface area contributed by atoms with Crippen molar-refractivity contribution in [3.05, 3.63) is 64.2 Å². The number of amides is 1. The molecule has 1 aromatic heterocycles. The van der Waals surface area contributed by atoms with Crippen LogP contribution in [0.4, 0.5) is 4.39 Å². The maximum atomic E-state index is 14.3. The van der Waals surface area contributed by atoms with Crippen LogP contribution in [0.3, 0.4) is 0 Å². The first-order valence-corrected chi connectivity index (χ1v) is 9.11. The van der Waals surface area contributed by atoms with Gasteiger partial charge in [-0.3, -0.25) is 4.79 Å². The zero-order valence-corrected chi connectivity index (χ0v) is 15.8. The molecule has 2 aromatic carbocycles. The molecule has 7 heteroatoms. The maximum absolute atomic E-state index is 14.3. The number of benzene rings is 2. The minimum atomic E-state index is -0.428. The van der Waals surface area contributed by atoms with Gasteiger partial charge in [0.05, 0.1) is 19.9 Å². The van der Waals surface area contributed by atoms with Gasteiger partial charge in [0, 0.05) is 29.3 Å². The van der Waals surface area contributed by atoms with Crippen LogP contribution in [0.2, 0.25) is 0 Å². The number of nitrogens with zero attached hydrogens (tertiary/aromatic N) is 1. The molecule has 0 aliphatic carbocycles. The van der Waals surface area contributed by atoms with Crippen LogP contribution in [0.25, 0.3) is 11.3 Å². The highest BCUT2D eigenvalue weighted by atomic mass is 32.1. The zero-order valence-electron chi connectivity index (χ0n) is 14.9. The molecule has 3 rings (SSSR count). The van der Waals surface area contributed by atoms with E-state index in [9.17, 15) is 9.18 Å². The average Bonchev–Trinajstić information content (AvgIpc) is 3.15. The summed E-state index contributed by atoms with van der Waals surface area (Å²) in [6, 6.07) is 12.0. The molecule has 5 nitrogen and oxygen atoms in total. The highest BCUT2D eigenvalue weighted by Gasteiger charge is 2.21. The number of thiazole rings is 1. The first-order valence-electron chi connectivity index (χ1n) is 8.23. The van der Waals surface area contributed by atoms with E-state index in [1.54, 1.807) is 24.6 Å². The number of hydrogen-bond donors (Lipinski definition) is 1. The third kappa shape index (κ3) is 4.25. The summed E-state index contributed by atoms with van der Waals surface area (Å²) in [5.41, 5.74) is 7.22. The lowest BCUT2D eigenvalue weighted by Crippen LogP contribution is -2.16. The van der Waals surface area contributed by atoms with E-state index in [-0.39, 0.29) is 12.3 Å². The third-order valence-corrected chi connectivity index (χ3v) is 5.15. The number of hydrogen-bond acceptors (Lipinski definition) is 5. The van der Waals surface area contributed by atoms with Crippen molar-refractivity contribution in [1.29, 1.82) is 0 Å². The molecule has 3 aromatic rings. The summed E-state index contributed by atoms with van der Waals surface area (Å²) >= 11 is 1.37. The average molecular weight is 386 g/mol. The van der Waals surface area contributed by atoms with E-state index < -0.39 is 11.7 Å². The molecule has 2 N–H and O–H groups in total. The van der Waals surface area contributed by atoms with Crippen molar-refractivity contribution in [1.82, 2.24) is 4.98 Å². The van der Waals surface area contributed by atoms with Crippen LogP contribution in [0.1, 0.15) is 22.9 Å². The predicted molar refractivity (Wildman–Crippen MR) is 103 cm³/mol. The van der Waals surface area contributed by atoms with Gasteiger partial charge in [0.2, 0.25) is 5.91 Å². The van der Waals surface area contributed by atoms with Crippen molar-refractivity contribution in [3.63, 3.8) is 0 Å². The third-order valence-electron chi connectivity index (χ3n) is 4.20. The number of halogens is 1. The molecule has 1 atom stereocenters. The Morgan fingerprint density at radius 1 is 1.15 bits per heavy atom. The van der Waals surface area contributed by atoms with Gasteiger partial charge < -0.3 is 15.2 Å². The van der Waals surface area contributed by atoms with Gasteiger partial charge in [-0.05, 0) is 29.8 Å². The van der Waals surface area contributed by atoms with Crippen LogP contribution in [-0.4, -0.2) is 25.1 Å². The molecule has 0 saturated carbocycles. The molecule has 0 aliphatic rings. The molecule has 0 radical (unpaired) electrons. The quantitative estimate of drug-likeness (QED) is 0.667. The van der Waals surface area contributed by atoms with Crippen LogP contribution in [0.5, 0.6) is 11.5 Å². The molecule has 0 bridgehead atoms. The number of carbonyl (C=O) groups is 1. The van der Waals surface area contributed by atoms with Gasteiger partial charge in [0.1, 0.15) is 22.3 Å². The number of ether oxygens (including phenoxy) is 2. The topological polar surface area (TPSA) is 74.4 Å². The zero-order chi connectivity index (χ0) is 19.4. The van der Waals surface area contributed by atoms with Gasteiger partial charge in [-0.25, -0.2) is 9.37 Å². The summed E-state index contributed by atoms with van der Waals surface area (Å²) in [7, 11) is 3.07. The van der Waals surface area contributed by atoms with E-state index in [0.717, 1.165) is 11.3 Å². The lowest BCUT2D eigenvalue weighted by Gasteiger charge is -2.13. The van der Waals surface area contributed by atoms with Crippen LogP contribution in [0, 0.1) is 5.82 Å². The Bertz CT molecular complexity index is 941. The second-order valence-electron chi connectivity index (χ2n) is 5.91. The van der Waals surface area contributed by atoms with Crippen molar-refractivity contribution in [3.8, 4) is 22.8 Å². The minimum absolute atomic E-state index is 0.115. The Morgan fingerprint density at radius 2 is 1.81 bits per heavy atom. The molecule has 27 heavy (non-hydrogen) atoms. The van der Waals surface area contributed by atoms with Crippen molar-refractivity contribution >= 4 is 17.2 Å².